The van der Waals surface area contributed by atoms with E-state index in [4.69, 9.17) is 14.6 Å². The number of carboxylic acids is 1. The van der Waals surface area contributed by atoms with E-state index in [1.54, 1.807) is 48.5 Å². The molecule has 37 heavy (non-hydrogen) atoms. The molecule has 9 heteroatoms. The summed E-state index contributed by atoms with van der Waals surface area (Å²) in [6.07, 6.45) is 1.35. The Hall–Kier alpha value is -4.92. The van der Waals surface area contributed by atoms with Crippen molar-refractivity contribution in [1.29, 1.82) is 0 Å². The standard InChI is InChI=1S/C28H24N2O7/c1-16-7-12-21(13-17(16)2)30-26(32)22(25(31)29-28(30)35)14-20-5-4-6-23(36-3)24(20)37-15-18-8-10-19(11-9-18)27(33)34/h4-14H,15H2,1-3H3,(H,33,34)(H,29,31,35)/b22-14+. The predicted octanol–water partition coefficient (Wildman–Crippen LogP) is 4.26. The highest BCUT2D eigenvalue weighted by atomic mass is 16.5. The van der Waals surface area contributed by atoms with Gasteiger partial charge in [-0.1, -0.05) is 30.3 Å². The first-order valence-corrected chi connectivity index (χ1v) is 11.3. The topological polar surface area (TPSA) is 122 Å². The fourth-order valence-corrected chi connectivity index (χ4v) is 3.77. The van der Waals surface area contributed by atoms with Crippen LogP contribution in [0.2, 0.25) is 0 Å². The largest absolute Gasteiger partial charge is 0.493 e. The highest BCUT2D eigenvalue weighted by molar-refractivity contribution is 6.39. The van der Waals surface area contributed by atoms with E-state index in [1.165, 1.54) is 25.3 Å². The number of carbonyl (C=O) groups is 4. The molecule has 1 heterocycles. The lowest BCUT2D eigenvalue weighted by Gasteiger charge is -2.27. The van der Waals surface area contributed by atoms with E-state index in [1.807, 2.05) is 13.8 Å². The number of amides is 4. The maximum absolute atomic E-state index is 13.3. The van der Waals surface area contributed by atoms with Gasteiger partial charge in [-0.05, 0) is 66.9 Å². The molecule has 0 aliphatic carbocycles. The molecule has 1 saturated heterocycles. The normalized spacial score (nSPS) is 14.5. The molecule has 0 spiro atoms. The molecule has 0 unspecified atom stereocenters. The number of carbonyl (C=O) groups excluding carboxylic acids is 3. The van der Waals surface area contributed by atoms with Gasteiger partial charge in [0.2, 0.25) is 0 Å². The monoisotopic (exact) mass is 500 g/mol. The third-order valence-electron chi connectivity index (χ3n) is 5.96. The van der Waals surface area contributed by atoms with Crippen LogP contribution in [0.3, 0.4) is 0 Å². The van der Waals surface area contributed by atoms with E-state index < -0.39 is 23.8 Å². The summed E-state index contributed by atoms with van der Waals surface area (Å²) in [5, 5.41) is 11.3. The van der Waals surface area contributed by atoms with E-state index in [9.17, 15) is 19.2 Å². The molecule has 0 aromatic heterocycles. The Labute approximate surface area is 212 Å². The maximum Gasteiger partial charge on any atom is 0.335 e. The lowest BCUT2D eigenvalue weighted by Crippen LogP contribution is -2.54. The molecule has 2 N–H and O–H groups in total. The van der Waals surface area contributed by atoms with Gasteiger partial charge in [-0.15, -0.1) is 0 Å². The number of anilines is 1. The SMILES string of the molecule is COc1cccc(/C=C2\C(=O)NC(=O)N(c3ccc(C)c(C)c3)C2=O)c1OCc1ccc(C(=O)O)cc1. The van der Waals surface area contributed by atoms with Crippen molar-refractivity contribution >= 4 is 35.6 Å². The molecule has 1 aliphatic rings. The Morgan fingerprint density at radius 1 is 1.00 bits per heavy atom. The van der Waals surface area contributed by atoms with Crippen LogP contribution in [-0.4, -0.2) is 36.0 Å². The van der Waals surface area contributed by atoms with Gasteiger partial charge in [0.1, 0.15) is 12.2 Å². The van der Waals surface area contributed by atoms with Crippen molar-refractivity contribution in [2.45, 2.75) is 20.5 Å². The number of carboxylic acid groups (broad SMARTS) is 1. The number of benzene rings is 3. The molecule has 0 bridgehead atoms. The molecule has 4 amide bonds. The van der Waals surface area contributed by atoms with Gasteiger partial charge in [0, 0.05) is 5.56 Å². The van der Waals surface area contributed by atoms with Crippen molar-refractivity contribution in [3.8, 4) is 11.5 Å². The fourth-order valence-electron chi connectivity index (χ4n) is 3.77. The molecule has 3 aromatic rings. The molecule has 9 nitrogen and oxygen atoms in total. The molecule has 4 rings (SSSR count). The smallest absolute Gasteiger partial charge is 0.335 e. The summed E-state index contributed by atoms with van der Waals surface area (Å²) >= 11 is 0. The van der Waals surface area contributed by atoms with E-state index >= 15 is 0 Å². The lowest BCUT2D eigenvalue weighted by molar-refractivity contribution is -0.122. The molecular weight excluding hydrogens is 476 g/mol. The molecule has 0 atom stereocenters. The van der Waals surface area contributed by atoms with Gasteiger partial charge in [0.05, 0.1) is 18.4 Å². The minimum Gasteiger partial charge on any atom is -0.493 e. The summed E-state index contributed by atoms with van der Waals surface area (Å²) in [7, 11) is 1.46. The predicted molar refractivity (Wildman–Crippen MR) is 136 cm³/mol. The average Bonchev–Trinajstić information content (AvgIpc) is 2.87. The molecule has 3 aromatic carbocycles. The lowest BCUT2D eigenvalue weighted by atomic mass is 10.0. The number of rotatable bonds is 7. The number of hydrogen-bond acceptors (Lipinski definition) is 6. The Morgan fingerprint density at radius 3 is 2.38 bits per heavy atom. The number of methoxy groups -OCH3 is 1. The van der Waals surface area contributed by atoms with Gasteiger partial charge in [0.25, 0.3) is 11.8 Å². The van der Waals surface area contributed by atoms with Crippen LogP contribution in [0, 0.1) is 13.8 Å². The molecule has 1 fully saturated rings. The van der Waals surface area contributed by atoms with Gasteiger partial charge < -0.3 is 14.6 Å². The number of nitrogens with one attached hydrogen (secondary N) is 1. The third-order valence-corrected chi connectivity index (χ3v) is 5.96. The van der Waals surface area contributed by atoms with Gasteiger partial charge in [-0.25, -0.2) is 14.5 Å². The van der Waals surface area contributed by atoms with Crippen LogP contribution in [0.5, 0.6) is 11.5 Å². The molecule has 188 valence electrons. The summed E-state index contributed by atoms with van der Waals surface area (Å²) < 4.78 is 11.4. The van der Waals surface area contributed by atoms with E-state index in [0.717, 1.165) is 16.0 Å². The third kappa shape index (κ3) is 5.20. The van der Waals surface area contributed by atoms with Crippen molar-refractivity contribution < 1.29 is 33.8 Å². The Morgan fingerprint density at radius 2 is 1.73 bits per heavy atom. The summed E-state index contributed by atoms with van der Waals surface area (Å²) in [4.78, 5) is 50.6. The minimum absolute atomic E-state index is 0.0733. The maximum atomic E-state index is 13.3. The van der Waals surface area contributed by atoms with Crippen LogP contribution >= 0.6 is 0 Å². The highest BCUT2D eigenvalue weighted by Gasteiger charge is 2.37. The average molecular weight is 501 g/mol. The number of aryl methyl sites for hydroxylation is 2. The number of para-hydroxylation sites is 1. The number of barbiturate groups is 1. The van der Waals surface area contributed by atoms with Crippen LogP contribution in [0.4, 0.5) is 10.5 Å². The van der Waals surface area contributed by atoms with Crippen LogP contribution < -0.4 is 19.7 Å². The van der Waals surface area contributed by atoms with Crippen molar-refractivity contribution in [2.24, 2.45) is 0 Å². The second kappa shape index (κ2) is 10.4. The zero-order valence-corrected chi connectivity index (χ0v) is 20.4. The van der Waals surface area contributed by atoms with Gasteiger partial charge in [-0.3, -0.25) is 14.9 Å². The van der Waals surface area contributed by atoms with Crippen molar-refractivity contribution in [3.63, 3.8) is 0 Å². The second-order valence-electron chi connectivity index (χ2n) is 8.40. The van der Waals surface area contributed by atoms with Crippen molar-refractivity contribution in [1.82, 2.24) is 5.32 Å². The zero-order chi connectivity index (χ0) is 26.7. The Kier molecular flexibility index (Phi) is 7.06. The van der Waals surface area contributed by atoms with Gasteiger partial charge in [-0.2, -0.15) is 0 Å². The number of aromatic carboxylic acids is 1. The number of hydrogen-bond donors (Lipinski definition) is 2. The summed E-state index contributed by atoms with van der Waals surface area (Å²) in [6.45, 7) is 3.85. The Balaban J connectivity index is 1.68. The summed E-state index contributed by atoms with van der Waals surface area (Å²) in [6, 6.07) is 15.5. The number of nitrogens with zero attached hydrogens (tertiary/aromatic N) is 1. The van der Waals surface area contributed by atoms with E-state index in [-0.39, 0.29) is 23.5 Å². The number of ether oxygens (including phenoxy) is 2. The van der Waals surface area contributed by atoms with E-state index in [0.29, 0.717) is 22.6 Å². The van der Waals surface area contributed by atoms with Crippen LogP contribution in [0.1, 0.15) is 32.6 Å². The molecular formula is C28H24N2O7. The first-order valence-electron chi connectivity index (χ1n) is 11.3. The van der Waals surface area contributed by atoms with E-state index in [2.05, 4.69) is 5.32 Å². The fraction of sp³-hybridized carbons (Fsp3) is 0.143. The zero-order valence-electron chi connectivity index (χ0n) is 20.4. The minimum atomic E-state index is -1.03. The first kappa shape index (κ1) is 25.2. The van der Waals surface area contributed by atoms with Crippen molar-refractivity contribution in [2.75, 3.05) is 12.0 Å². The number of imide groups is 2. The first-order chi connectivity index (χ1) is 17.7. The Bertz CT molecular complexity index is 1440. The van der Waals surface area contributed by atoms with Crippen LogP contribution in [-0.2, 0) is 16.2 Å². The van der Waals surface area contributed by atoms with Crippen LogP contribution in [0.25, 0.3) is 6.08 Å². The molecule has 1 aliphatic heterocycles. The quantitative estimate of drug-likeness (QED) is 0.367. The molecule has 0 radical (unpaired) electrons. The van der Waals surface area contributed by atoms with Gasteiger partial charge in [0.15, 0.2) is 11.5 Å². The highest BCUT2D eigenvalue weighted by Crippen LogP contribution is 2.34. The van der Waals surface area contributed by atoms with Crippen LogP contribution in [0.15, 0.2) is 66.2 Å². The second-order valence-corrected chi connectivity index (χ2v) is 8.40. The van der Waals surface area contributed by atoms with Crippen molar-refractivity contribution in [3.05, 3.63) is 94.1 Å². The summed E-state index contributed by atoms with van der Waals surface area (Å²) in [5.74, 6) is -1.99. The molecule has 0 saturated carbocycles. The van der Waals surface area contributed by atoms with Gasteiger partial charge >= 0.3 is 12.0 Å². The number of urea groups is 1. The summed E-state index contributed by atoms with van der Waals surface area (Å²) in [5.41, 5.74) is 3.22.